The zero-order valence-electron chi connectivity index (χ0n) is 11.3. The minimum atomic E-state index is -3.79. The number of ether oxygens (including phenoxy) is 1. The summed E-state index contributed by atoms with van der Waals surface area (Å²) in [7, 11) is -3.79. The van der Waals surface area contributed by atoms with Gasteiger partial charge in [0.05, 0.1) is 18.7 Å². The number of hydrogen-bond acceptors (Lipinski definition) is 5. The van der Waals surface area contributed by atoms with Gasteiger partial charge >= 0.3 is 0 Å². The molecule has 20 heavy (non-hydrogen) atoms. The number of nitrogen functional groups attached to an aromatic ring is 1. The standard InChI is InChI=1S/C13H18N2O4S/c1-2-3-7-19-8-6-15-13(16)11-5-4-10(14)9-12(11)20(15,17)18/h4-5,9H,2-3,6-8,14H2,1H3. The zero-order valence-corrected chi connectivity index (χ0v) is 12.1. The van der Waals surface area contributed by atoms with Crippen LogP contribution >= 0.6 is 0 Å². The Bertz CT molecular complexity index is 613. The number of hydrogen-bond donors (Lipinski definition) is 1. The molecule has 7 heteroatoms. The summed E-state index contributed by atoms with van der Waals surface area (Å²) in [6.45, 7) is 2.84. The third-order valence-corrected chi connectivity index (χ3v) is 4.93. The van der Waals surface area contributed by atoms with Crippen LogP contribution < -0.4 is 5.73 Å². The molecule has 0 saturated carbocycles. The van der Waals surface area contributed by atoms with Crippen LogP contribution in [0.5, 0.6) is 0 Å². The van der Waals surface area contributed by atoms with Gasteiger partial charge in [0.1, 0.15) is 4.90 Å². The molecule has 1 amide bonds. The van der Waals surface area contributed by atoms with Crippen molar-refractivity contribution in [3.05, 3.63) is 23.8 Å². The van der Waals surface area contributed by atoms with Gasteiger partial charge in [0, 0.05) is 12.3 Å². The fourth-order valence-electron chi connectivity index (χ4n) is 2.01. The summed E-state index contributed by atoms with van der Waals surface area (Å²) < 4.78 is 30.7. The van der Waals surface area contributed by atoms with Gasteiger partial charge in [-0.15, -0.1) is 0 Å². The van der Waals surface area contributed by atoms with Crippen LogP contribution in [-0.2, 0) is 14.8 Å². The van der Waals surface area contributed by atoms with E-state index in [1.807, 2.05) is 6.92 Å². The normalized spacial score (nSPS) is 16.4. The second kappa shape index (κ2) is 5.80. The Balaban J connectivity index is 2.11. The molecule has 0 aliphatic carbocycles. The lowest BCUT2D eigenvalue weighted by atomic mass is 10.2. The van der Waals surface area contributed by atoms with Crippen molar-refractivity contribution in [2.24, 2.45) is 0 Å². The van der Waals surface area contributed by atoms with Crippen LogP contribution in [-0.4, -0.2) is 38.4 Å². The number of unbranched alkanes of at least 4 members (excludes halogenated alkanes) is 1. The maximum atomic E-state index is 12.3. The van der Waals surface area contributed by atoms with Crippen LogP contribution in [0, 0.1) is 0 Å². The number of nitrogens with two attached hydrogens (primary N) is 1. The quantitative estimate of drug-likeness (QED) is 0.630. The Morgan fingerprint density at radius 1 is 1.30 bits per heavy atom. The molecule has 0 aromatic heterocycles. The molecule has 0 spiro atoms. The van der Waals surface area contributed by atoms with Crippen molar-refractivity contribution in [2.75, 3.05) is 25.5 Å². The van der Waals surface area contributed by atoms with E-state index in [9.17, 15) is 13.2 Å². The van der Waals surface area contributed by atoms with Crippen molar-refractivity contribution < 1.29 is 17.9 Å². The van der Waals surface area contributed by atoms with Crippen molar-refractivity contribution in [1.29, 1.82) is 0 Å². The first-order valence-corrected chi connectivity index (χ1v) is 7.97. The molecule has 2 N–H and O–H groups in total. The van der Waals surface area contributed by atoms with Crippen molar-refractivity contribution >= 4 is 21.6 Å². The van der Waals surface area contributed by atoms with Gasteiger partial charge in [0.15, 0.2) is 0 Å². The molecule has 0 radical (unpaired) electrons. The molecule has 6 nitrogen and oxygen atoms in total. The van der Waals surface area contributed by atoms with E-state index >= 15 is 0 Å². The Hall–Kier alpha value is -1.60. The van der Waals surface area contributed by atoms with Crippen LogP contribution in [0.3, 0.4) is 0 Å². The SMILES string of the molecule is CCCCOCCN1C(=O)c2ccc(N)cc2S1(=O)=O. The van der Waals surface area contributed by atoms with Crippen LogP contribution in [0.25, 0.3) is 0 Å². The number of sulfonamides is 1. The molecule has 1 aliphatic heterocycles. The fraction of sp³-hybridized carbons (Fsp3) is 0.462. The van der Waals surface area contributed by atoms with Gasteiger partial charge in [-0.05, 0) is 24.6 Å². The number of nitrogens with zero attached hydrogens (tertiary/aromatic N) is 1. The molecule has 1 aliphatic rings. The highest BCUT2D eigenvalue weighted by molar-refractivity contribution is 7.90. The minimum absolute atomic E-state index is 0.0175. The number of carbonyl (C=O) groups is 1. The van der Waals surface area contributed by atoms with Gasteiger partial charge < -0.3 is 10.5 Å². The topological polar surface area (TPSA) is 89.7 Å². The molecule has 1 heterocycles. The molecular formula is C13H18N2O4S. The lowest BCUT2D eigenvalue weighted by molar-refractivity contribution is 0.0794. The van der Waals surface area contributed by atoms with E-state index in [0.717, 1.165) is 17.1 Å². The third kappa shape index (κ3) is 2.64. The van der Waals surface area contributed by atoms with Crippen LogP contribution in [0.1, 0.15) is 30.1 Å². The Morgan fingerprint density at radius 3 is 2.75 bits per heavy atom. The van der Waals surface area contributed by atoms with Crippen molar-refractivity contribution in [1.82, 2.24) is 4.31 Å². The van der Waals surface area contributed by atoms with Crippen molar-refractivity contribution in [2.45, 2.75) is 24.7 Å². The molecule has 0 saturated heterocycles. The maximum Gasteiger partial charge on any atom is 0.269 e. The molecule has 2 rings (SSSR count). The highest BCUT2D eigenvalue weighted by Gasteiger charge is 2.40. The number of amides is 1. The summed E-state index contributed by atoms with van der Waals surface area (Å²) in [4.78, 5) is 12.1. The monoisotopic (exact) mass is 298 g/mol. The van der Waals surface area contributed by atoms with E-state index < -0.39 is 15.9 Å². The molecule has 0 atom stereocenters. The lowest BCUT2D eigenvalue weighted by Crippen LogP contribution is -2.33. The number of fused-ring (bicyclic) bond motifs is 1. The first kappa shape index (κ1) is 14.8. The number of benzene rings is 1. The zero-order chi connectivity index (χ0) is 14.8. The van der Waals surface area contributed by atoms with Gasteiger partial charge in [0.25, 0.3) is 15.9 Å². The number of anilines is 1. The summed E-state index contributed by atoms with van der Waals surface area (Å²) >= 11 is 0. The van der Waals surface area contributed by atoms with Crippen LogP contribution in [0.2, 0.25) is 0 Å². The first-order valence-electron chi connectivity index (χ1n) is 6.53. The van der Waals surface area contributed by atoms with Gasteiger partial charge in [-0.3, -0.25) is 4.79 Å². The number of carbonyl (C=O) groups excluding carboxylic acids is 1. The highest BCUT2D eigenvalue weighted by Crippen LogP contribution is 2.31. The highest BCUT2D eigenvalue weighted by atomic mass is 32.2. The number of rotatable bonds is 6. The van der Waals surface area contributed by atoms with Gasteiger partial charge in [-0.1, -0.05) is 13.3 Å². The Kier molecular flexibility index (Phi) is 4.29. The second-order valence-electron chi connectivity index (χ2n) is 4.60. The maximum absolute atomic E-state index is 12.3. The first-order chi connectivity index (χ1) is 9.48. The van der Waals surface area contributed by atoms with E-state index in [0.29, 0.717) is 12.3 Å². The van der Waals surface area contributed by atoms with Crippen molar-refractivity contribution in [3.8, 4) is 0 Å². The second-order valence-corrected chi connectivity index (χ2v) is 6.43. The predicted molar refractivity (Wildman–Crippen MR) is 74.8 cm³/mol. The van der Waals surface area contributed by atoms with Crippen LogP contribution in [0.4, 0.5) is 5.69 Å². The molecule has 110 valence electrons. The fourth-order valence-corrected chi connectivity index (χ4v) is 3.60. The minimum Gasteiger partial charge on any atom is -0.399 e. The average Bonchev–Trinajstić information content (AvgIpc) is 2.59. The molecule has 0 bridgehead atoms. The van der Waals surface area contributed by atoms with E-state index in [1.54, 1.807) is 0 Å². The average molecular weight is 298 g/mol. The molecular weight excluding hydrogens is 280 g/mol. The molecule has 1 aromatic carbocycles. The van der Waals surface area contributed by atoms with E-state index in [4.69, 9.17) is 10.5 Å². The molecule has 0 unspecified atom stereocenters. The lowest BCUT2D eigenvalue weighted by Gasteiger charge is -2.14. The molecule has 0 fully saturated rings. The Labute approximate surface area is 118 Å². The summed E-state index contributed by atoms with van der Waals surface area (Å²) in [6, 6.07) is 4.29. The van der Waals surface area contributed by atoms with Crippen molar-refractivity contribution in [3.63, 3.8) is 0 Å². The van der Waals surface area contributed by atoms with E-state index in [1.165, 1.54) is 18.2 Å². The predicted octanol–water partition coefficient (Wildman–Crippen LogP) is 1.23. The van der Waals surface area contributed by atoms with E-state index in [2.05, 4.69) is 0 Å². The summed E-state index contributed by atoms with van der Waals surface area (Å²) in [6.07, 6.45) is 1.92. The van der Waals surface area contributed by atoms with E-state index in [-0.39, 0.29) is 23.6 Å². The van der Waals surface area contributed by atoms with Gasteiger partial charge in [-0.25, -0.2) is 12.7 Å². The molecule has 1 aromatic rings. The summed E-state index contributed by atoms with van der Waals surface area (Å²) in [5, 5.41) is 0. The van der Waals surface area contributed by atoms with Gasteiger partial charge in [0.2, 0.25) is 0 Å². The van der Waals surface area contributed by atoms with Gasteiger partial charge in [-0.2, -0.15) is 0 Å². The Morgan fingerprint density at radius 2 is 2.05 bits per heavy atom. The van der Waals surface area contributed by atoms with Crippen LogP contribution in [0.15, 0.2) is 23.1 Å². The smallest absolute Gasteiger partial charge is 0.269 e. The summed E-state index contributed by atoms with van der Waals surface area (Å²) in [5.41, 5.74) is 6.07. The third-order valence-electron chi connectivity index (χ3n) is 3.11. The summed E-state index contributed by atoms with van der Waals surface area (Å²) in [5.74, 6) is -0.515. The largest absolute Gasteiger partial charge is 0.399 e.